The number of aliphatic hydroxyl groups excluding tert-OH is 1. The summed E-state index contributed by atoms with van der Waals surface area (Å²) in [6, 6.07) is 0. The summed E-state index contributed by atoms with van der Waals surface area (Å²) in [5.74, 6) is 0. The maximum absolute atomic E-state index is 8.61. The molecule has 0 saturated carbocycles. The Morgan fingerprint density at radius 3 is 1.32 bits per heavy atom. The molecule has 0 saturated heterocycles. The molecule has 0 aromatic carbocycles. The Labute approximate surface area is 195 Å². The molecule has 0 aliphatic rings. The van der Waals surface area contributed by atoms with Crippen LogP contribution >= 0.6 is 0 Å². The molecule has 0 atom stereocenters. The molecule has 0 rings (SSSR count). The molecule has 186 valence electrons. The highest BCUT2D eigenvalue weighted by Gasteiger charge is 1.97. The van der Waals surface area contributed by atoms with Gasteiger partial charge in [-0.2, -0.15) is 0 Å². The number of hydrogen-bond acceptors (Lipinski definition) is 3. The largest absolute Gasteiger partial charge is 0.473 e. The van der Waals surface area contributed by atoms with Gasteiger partial charge in [0.2, 0.25) is 0 Å². The second-order valence-corrected chi connectivity index (χ2v) is 8.70. The van der Waals surface area contributed by atoms with Gasteiger partial charge >= 0.3 is 0 Å². The molecule has 0 radical (unpaired) electrons. The first-order chi connectivity index (χ1) is 15.0. The molecule has 3 heteroatoms. The molecule has 0 bridgehead atoms. The maximum Gasteiger partial charge on any atom is 0.151 e. The smallest absolute Gasteiger partial charge is 0.151 e. The summed E-state index contributed by atoms with van der Waals surface area (Å²) in [7, 11) is 0. The van der Waals surface area contributed by atoms with E-state index in [2.05, 4.69) is 34.6 Å². The van der Waals surface area contributed by atoms with Crippen LogP contribution in [-0.2, 0) is 4.74 Å². The highest BCUT2D eigenvalue weighted by Crippen LogP contribution is 2.14. The van der Waals surface area contributed by atoms with E-state index >= 15 is 0 Å². The highest BCUT2D eigenvalue weighted by atomic mass is 16.5. The van der Waals surface area contributed by atoms with Crippen molar-refractivity contribution in [1.29, 1.82) is 0 Å². The van der Waals surface area contributed by atoms with Gasteiger partial charge in [-0.3, -0.25) is 0 Å². The van der Waals surface area contributed by atoms with E-state index < -0.39 is 6.29 Å². The van der Waals surface area contributed by atoms with Crippen molar-refractivity contribution in [3.63, 3.8) is 0 Å². The van der Waals surface area contributed by atoms with Crippen LogP contribution in [-0.4, -0.2) is 16.5 Å². The van der Waals surface area contributed by atoms with Crippen molar-refractivity contribution in [2.75, 3.05) is 0 Å². The minimum Gasteiger partial charge on any atom is -0.473 e. The van der Waals surface area contributed by atoms with Gasteiger partial charge < -0.3 is 14.9 Å². The van der Waals surface area contributed by atoms with Crippen molar-refractivity contribution in [2.24, 2.45) is 0 Å². The van der Waals surface area contributed by atoms with E-state index in [0.29, 0.717) is 6.42 Å². The number of rotatable bonds is 20. The van der Waals surface area contributed by atoms with Gasteiger partial charge in [0, 0.05) is 0 Å². The van der Waals surface area contributed by atoms with E-state index in [1.165, 1.54) is 94.6 Å². The van der Waals surface area contributed by atoms with Crippen LogP contribution < -0.4 is 0 Å². The fraction of sp³-hybridized carbons (Fsp3) is 0.857. The summed E-state index contributed by atoms with van der Waals surface area (Å²) in [6.45, 7) is 11.1. The van der Waals surface area contributed by atoms with E-state index in [1.54, 1.807) is 0 Å². The molecule has 0 aliphatic carbocycles. The predicted molar refractivity (Wildman–Crippen MR) is 137 cm³/mol. The first kappa shape index (κ1) is 32.4. The monoisotopic (exact) mass is 440 g/mol. The van der Waals surface area contributed by atoms with Gasteiger partial charge in [-0.15, -0.1) is 0 Å². The zero-order chi connectivity index (χ0) is 23.6. The van der Waals surface area contributed by atoms with Crippen LogP contribution in [0.3, 0.4) is 0 Å². The van der Waals surface area contributed by atoms with Crippen molar-refractivity contribution in [3.05, 3.63) is 23.7 Å². The number of aliphatic hydroxyl groups is 2. The molecule has 0 aromatic rings. The molecular weight excluding hydrogens is 384 g/mol. The van der Waals surface area contributed by atoms with E-state index in [0.717, 1.165) is 25.7 Å². The van der Waals surface area contributed by atoms with E-state index in [-0.39, 0.29) is 0 Å². The van der Waals surface area contributed by atoms with Crippen molar-refractivity contribution < 1.29 is 14.9 Å². The van der Waals surface area contributed by atoms with Gasteiger partial charge in [0.25, 0.3) is 0 Å². The average Bonchev–Trinajstić information content (AvgIpc) is 2.77. The highest BCUT2D eigenvalue weighted by molar-refractivity contribution is 5.01. The van der Waals surface area contributed by atoms with Crippen LogP contribution in [0.15, 0.2) is 23.7 Å². The van der Waals surface area contributed by atoms with Gasteiger partial charge in [0.15, 0.2) is 6.29 Å². The first-order valence-corrected chi connectivity index (χ1v) is 13.4. The van der Waals surface area contributed by atoms with Crippen LogP contribution in [0.5, 0.6) is 0 Å². The number of unbranched alkanes of at least 4 members (excludes halogenated alkanes) is 10. The third-order valence-corrected chi connectivity index (χ3v) is 5.65. The van der Waals surface area contributed by atoms with E-state index in [4.69, 9.17) is 14.9 Å². The van der Waals surface area contributed by atoms with E-state index in [9.17, 15) is 0 Å². The molecule has 0 heterocycles. The number of allylic oxidation sites excluding steroid dienone is 2. The Bertz CT molecular complexity index is 375. The second-order valence-electron chi connectivity index (χ2n) is 8.70. The molecule has 0 unspecified atom stereocenters. The summed E-state index contributed by atoms with van der Waals surface area (Å²) in [4.78, 5) is 0. The molecule has 0 aliphatic heterocycles. The third-order valence-electron chi connectivity index (χ3n) is 5.65. The number of ether oxygens (including phenoxy) is 1. The second kappa shape index (κ2) is 27.2. The Kier molecular flexibility index (Phi) is 28.4. The van der Waals surface area contributed by atoms with E-state index in [1.807, 2.05) is 12.5 Å². The molecule has 0 spiro atoms. The normalized spacial score (nSPS) is 12.1. The maximum atomic E-state index is 8.61. The quantitative estimate of drug-likeness (QED) is 0.113. The Hall–Kier alpha value is -0.800. The van der Waals surface area contributed by atoms with Crippen LogP contribution in [0.4, 0.5) is 0 Å². The Morgan fingerprint density at radius 2 is 0.968 bits per heavy atom. The summed E-state index contributed by atoms with van der Waals surface area (Å²) < 4.78 is 5.61. The van der Waals surface area contributed by atoms with Crippen LogP contribution in [0.1, 0.15) is 150 Å². The zero-order valence-corrected chi connectivity index (χ0v) is 21.8. The van der Waals surface area contributed by atoms with Crippen molar-refractivity contribution in [3.8, 4) is 0 Å². The molecule has 0 amide bonds. The van der Waals surface area contributed by atoms with Gasteiger partial charge in [-0.1, -0.05) is 98.8 Å². The molecule has 31 heavy (non-hydrogen) atoms. The Balaban J connectivity index is 0. The SMILES string of the molecule is CCCCC(=COC=C(CC)CCCC)CC.CCCCCCCCCCCC(O)O. The lowest BCUT2D eigenvalue weighted by Gasteiger charge is -2.05. The lowest BCUT2D eigenvalue weighted by molar-refractivity contribution is -0.0466. The van der Waals surface area contributed by atoms with Crippen LogP contribution in [0, 0.1) is 0 Å². The molecule has 2 N–H and O–H groups in total. The van der Waals surface area contributed by atoms with Crippen molar-refractivity contribution >= 4 is 0 Å². The van der Waals surface area contributed by atoms with Gasteiger partial charge in [0.1, 0.15) is 0 Å². The minimum atomic E-state index is -1.10. The van der Waals surface area contributed by atoms with Gasteiger partial charge in [-0.05, 0) is 62.5 Å². The zero-order valence-electron chi connectivity index (χ0n) is 21.8. The molecule has 0 fully saturated rings. The predicted octanol–water partition coefficient (Wildman–Crippen LogP) is 9.19. The molecular formula is C28H56O3. The van der Waals surface area contributed by atoms with Crippen LogP contribution in [0.2, 0.25) is 0 Å². The fourth-order valence-electron chi connectivity index (χ4n) is 3.31. The summed E-state index contributed by atoms with van der Waals surface area (Å²) >= 11 is 0. The minimum absolute atomic E-state index is 0.538. The number of hydrogen-bond donors (Lipinski definition) is 2. The van der Waals surface area contributed by atoms with Gasteiger partial charge in [-0.25, -0.2) is 0 Å². The lowest BCUT2D eigenvalue weighted by Crippen LogP contribution is -2.02. The topological polar surface area (TPSA) is 49.7 Å². The lowest BCUT2D eigenvalue weighted by atomic mass is 10.1. The fourth-order valence-corrected chi connectivity index (χ4v) is 3.31. The van der Waals surface area contributed by atoms with Crippen LogP contribution in [0.25, 0.3) is 0 Å². The average molecular weight is 441 g/mol. The third kappa shape index (κ3) is 27.2. The summed E-state index contributed by atoms with van der Waals surface area (Å²) in [5, 5.41) is 17.2. The van der Waals surface area contributed by atoms with Gasteiger partial charge in [0.05, 0.1) is 12.5 Å². The summed E-state index contributed by atoms with van der Waals surface area (Å²) in [6.07, 6.45) is 24.4. The molecule has 0 aromatic heterocycles. The van der Waals surface area contributed by atoms with Crippen molar-refractivity contribution in [1.82, 2.24) is 0 Å². The first-order valence-electron chi connectivity index (χ1n) is 13.4. The summed E-state index contributed by atoms with van der Waals surface area (Å²) in [5.41, 5.74) is 2.85. The standard InChI is InChI=1S/C16H30O.C12H26O2/c1-5-9-11-15(7-3)13-17-14-16(8-4)12-10-6-2;1-2-3-4-5-6-7-8-9-10-11-12(13)14/h13-14H,5-12H2,1-4H3;12-14H,2-11H2,1H3. The van der Waals surface area contributed by atoms with Crippen molar-refractivity contribution in [2.45, 2.75) is 156 Å². The molecule has 3 nitrogen and oxygen atoms in total. The Morgan fingerprint density at radius 1 is 0.581 bits per heavy atom.